The minimum absolute atomic E-state index is 0.284. The molecular formula is C12H21N5. The van der Waals surface area contributed by atoms with Gasteiger partial charge < -0.3 is 16.0 Å². The number of nitrogens with two attached hydrogens (primary N) is 1. The quantitative estimate of drug-likeness (QED) is 0.716. The van der Waals surface area contributed by atoms with Gasteiger partial charge in [0.1, 0.15) is 0 Å². The van der Waals surface area contributed by atoms with Crippen molar-refractivity contribution in [1.29, 1.82) is 0 Å². The molecule has 0 aromatic carbocycles. The minimum atomic E-state index is 0.284. The molecule has 94 valence electrons. The Labute approximate surface area is 102 Å². The lowest BCUT2D eigenvalue weighted by atomic mass is 9.75. The minimum Gasteiger partial charge on any atom is -0.353 e. The van der Waals surface area contributed by atoms with Gasteiger partial charge in [0.25, 0.3) is 0 Å². The van der Waals surface area contributed by atoms with Gasteiger partial charge in [0.15, 0.2) is 5.82 Å². The first-order valence-electron chi connectivity index (χ1n) is 6.41. The number of hydrogen-bond donors (Lipinski definition) is 2. The average Bonchev–Trinajstić information content (AvgIpc) is 2.87. The van der Waals surface area contributed by atoms with E-state index in [2.05, 4.69) is 21.4 Å². The van der Waals surface area contributed by atoms with Gasteiger partial charge in [-0.2, -0.15) is 5.10 Å². The molecule has 1 unspecified atom stereocenters. The van der Waals surface area contributed by atoms with Crippen molar-refractivity contribution in [2.45, 2.75) is 18.9 Å². The Balaban J connectivity index is 1.79. The molecule has 3 N–H and O–H groups in total. The van der Waals surface area contributed by atoms with Crippen molar-refractivity contribution >= 4 is 5.82 Å². The maximum Gasteiger partial charge on any atom is 0.150 e. The van der Waals surface area contributed by atoms with Gasteiger partial charge in [-0.25, -0.2) is 0 Å². The summed E-state index contributed by atoms with van der Waals surface area (Å²) >= 11 is 0. The number of nitrogens with one attached hydrogen (secondary N) is 1. The van der Waals surface area contributed by atoms with E-state index in [1.165, 1.54) is 12.8 Å². The van der Waals surface area contributed by atoms with E-state index in [-0.39, 0.29) is 6.04 Å². The van der Waals surface area contributed by atoms with Crippen molar-refractivity contribution in [3.05, 3.63) is 12.3 Å². The van der Waals surface area contributed by atoms with E-state index in [1.807, 2.05) is 17.9 Å². The summed E-state index contributed by atoms with van der Waals surface area (Å²) in [5.41, 5.74) is 6.68. The predicted molar refractivity (Wildman–Crippen MR) is 67.9 cm³/mol. The third-order valence-electron chi connectivity index (χ3n) is 4.33. The first-order chi connectivity index (χ1) is 8.20. The standard InChI is InChI=1S/C12H21N5/c1-16-7-2-11(15-16)17-8-10(13)12(9-17)3-5-14-6-4-12/h2,7,10,14H,3-6,8-9,13H2,1H3. The molecule has 3 heterocycles. The lowest BCUT2D eigenvalue weighted by Crippen LogP contribution is -2.47. The van der Waals surface area contributed by atoms with Crippen LogP contribution >= 0.6 is 0 Å². The molecule has 5 heteroatoms. The van der Waals surface area contributed by atoms with Gasteiger partial charge in [-0.1, -0.05) is 0 Å². The Kier molecular flexibility index (Phi) is 2.60. The van der Waals surface area contributed by atoms with Crippen LogP contribution < -0.4 is 16.0 Å². The summed E-state index contributed by atoms with van der Waals surface area (Å²) in [6, 6.07) is 2.36. The molecule has 2 aliphatic rings. The lowest BCUT2D eigenvalue weighted by Gasteiger charge is -2.36. The van der Waals surface area contributed by atoms with Crippen molar-refractivity contribution in [2.75, 3.05) is 31.1 Å². The number of piperidine rings is 1. The molecule has 1 spiro atoms. The highest BCUT2D eigenvalue weighted by Gasteiger charge is 2.45. The summed E-state index contributed by atoms with van der Waals surface area (Å²) in [6.07, 6.45) is 4.38. The Bertz CT molecular complexity index is 393. The molecular weight excluding hydrogens is 214 g/mol. The summed E-state index contributed by atoms with van der Waals surface area (Å²) in [4.78, 5) is 2.34. The van der Waals surface area contributed by atoms with Crippen LogP contribution in [0.2, 0.25) is 0 Å². The molecule has 0 radical (unpaired) electrons. The molecule has 3 rings (SSSR count). The van der Waals surface area contributed by atoms with E-state index in [4.69, 9.17) is 5.73 Å². The van der Waals surface area contributed by atoms with Crippen LogP contribution in [0.3, 0.4) is 0 Å². The highest BCUT2D eigenvalue weighted by Crippen LogP contribution is 2.39. The molecule has 2 aliphatic heterocycles. The highest BCUT2D eigenvalue weighted by atomic mass is 15.3. The van der Waals surface area contributed by atoms with Gasteiger partial charge in [0.2, 0.25) is 0 Å². The largest absolute Gasteiger partial charge is 0.353 e. The second-order valence-electron chi connectivity index (χ2n) is 5.45. The normalized spacial score (nSPS) is 27.9. The third-order valence-corrected chi connectivity index (χ3v) is 4.33. The fourth-order valence-corrected chi connectivity index (χ4v) is 3.19. The van der Waals surface area contributed by atoms with Crippen molar-refractivity contribution in [3.8, 4) is 0 Å². The van der Waals surface area contributed by atoms with E-state index in [9.17, 15) is 0 Å². The van der Waals surface area contributed by atoms with Gasteiger partial charge in [-0.15, -0.1) is 0 Å². The van der Waals surface area contributed by atoms with Gasteiger partial charge in [-0.05, 0) is 25.9 Å². The summed E-state index contributed by atoms with van der Waals surface area (Å²) in [5, 5.41) is 7.90. The van der Waals surface area contributed by atoms with Crippen LogP contribution in [-0.4, -0.2) is 42.0 Å². The molecule has 1 atom stereocenters. The fraction of sp³-hybridized carbons (Fsp3) is 0.750. The van der Waals surface area contributed by atoms with Crippen LogP contribution in [0.4, 0.5) is 5.82 Å². The molecule has 0 aliphatic carbocycles. The average molecular weight is 235 g/mol. The van der Waals surface area contributed by atoms with E-state index in [1.54, 1.807) is 0 Å². The van der Waals surface area contributed by atoms with Crippen LogP contribution in [0.1, 0.15) is 12.8 Å². The summed E-state index contributed by atoms with van der Waals surface area (Å²) in [7, 11) is 1.96. The zero-order chi connectivity index (χ0) is 11.9. The maximum absolute atomic E-state index is 6.37. The second-order valence-corrected chi connectivity index (χ2v) is 5.45. The lowest BCUT2D eigenvalue weighted by molar-refractivity contribution is 0.205. The van der Waals surface area contributed by atoms with Crippen molar-refractivity contribution in [1.82, 2.24) is 15.1 Å². The molecule has 0 amide bonds. The predicted octanol–water partition coefficient (Wildman–Crippen LogP) is -0.0628. The summed E-state index contributed by atoms with van der Waals surface area (Å²) < 4.78 is 1.86. The Morgan fingerprint density at radius 1 is 1.47 bits per heavy atom. The maximum atomic E-state index is 6.37. The fourth-order valence-electron chi connectivity index (χ4n) is 3.19. The van der Waals surface area contributed by atoms with Crippen LogP contribution in [0.25, 0.3) is 0 Å². The van der Waals surface area contributed by atoms with Gasteiger partial charge in [0.05, 0.1) is 0 Å². The molecule has 1 aromatic rings. The number of anilines is 1. The topological polar surface area (TPSA) is 59.1 Å². The molecule has 2 fully saturated rings. The zero-order valence-electron chi connectivity index (χ0n) is 10.4. The van der Waals surface area contributed by atoms with Crippen LogP contribution in [0, 0.1) is 5.41 Å². The Hall–Kier alpha value is -1.07. The first-order valence-corrected chi connectivity index (χ1v) is 6.41. The summed E-state index contributed by atoms with van der Waals surface area (Å²) in [6.45, 7) is 4.21. The Morgan fingerprint density at radius 2 is 2.24 bits per heavy atom. The van der Waals surface area contributed by atoms with Crippen LogP contribution in [-0.2, 0) is 7.05 Å². The molecule has 17 heavy (non-hydrogen) atoms. The Morgan fingerprint density at radius 3 is 2.88 bits per heavy atom. The van der Waals surface area contributed by atoms with E-state index >= 15 is 0 Å². The van der Waals surface area contributed by atoms with E-state index in [0.717, 1.165) is 32.0 Å². The molecule has 0 saturated carbocycles. The number of rotatable bonds is 1. The zero-order valence-corrected chi connectivity index (χ0v) is 10.4. The third kappa shape index (κ3) is 1.83. The molecule has 5 nitrogen and oxygen atoms in total. The SMILES string of the molecule is Cn1ccc(N2CC(N)C3(CCNCC3)C2)n1. The number of aryl methyl sites for hydroxylation is 1. The second kappa shape index (κ2) is 3.99. The van der Waals surface area contributed by atoms with Gasteiger partial charge in [0, 0.05) is 43.9 Å². The highest BCUT2D eigenvalue weighted by molar-refractivity contribution is 5.40. The van der Waals surface area contributed by atoms with Crippen LogP contribution in [0.5, 0.6) is 0 Å². The first kappa shape index (κ1) is 11.0. The molecule has 0 bridgehead atoms. The number of nitrogens with zero attached hydrogens (tertiary/aromatic N) is 3. The number of aromatic nitrogens is 2. The van der Waals surface area contributed by atoms with E-state index in [0.29, 0.717) is 5.41 Å². The van der Waals surface area contributed by atoms with Crippen molar-refractivity contribution in [3.63, 3.8) is 0 Å². The van der Waals surface area contributed by atoms with Gasteiger partial charge >= 0.3 is 0 Å². The van der Waals surface area contributed by atoms with E-state index < -0.39 is 0 Å². The molecule has 1 aromatic heterocycles. The smallest absolute Gasteiger partial charge is 0.150 e. The summed E-state index contributed by atoms with van der Waals surface area (Å²) in [5.74, 6) is 1.07. The number of hydrogen-bond acceptors (Lipinski definition) is 4. The van der Waals surface area contributed by atoms with Crippen LogP contribution in [0.15, 0.2) is 12.3 Å². The van der Waals surface area contributed by atoms with Crippen molar-refractivity contribution < 1.29 is 0 Å². The molecule has 2 saturated heterocycles. The van der Waals surface area contributed by atoms with Crippen molar-refractivity contribution in [2.24, 2.45) is 18.2 Å². The monoisotopic (exact) mass is 235 g/mol. The van der Waals surface area contributed by atoms with Gasteiger partial charge in [-0.3, -0.25) is 4.68 Å².